The van der Waals surface area contributed by atoms with Gasteiger partial charge in [0.05, 0.1) is 23.6 Å². The van der Waals surface area contributed by atoms with Crippen molar-refractivity contribution in [3.05, 3.63) is 65.0 Å². The van der Waals surface area contributed by atoms with Crippen LogP contribution in [-0.4, -0.2) is 43.8 Å². The van der Waals surface area contributed by atoms with E-state index in [1.54, 1.807) is 36.4 Å². The molecule has 0 unspecified atom stereocenters. The van der Waals surface area contributed by atoms with E-state index < -0.39 is 15.9 Å². The van der Waals surface area contributed by atoms with E-state index in [4.69, 9.17) is 4.74 Å². The molecular weight excluding hydrogens is 418 g/mol. The number of aromatic amines is 1. The number of nitrogens with zero attached hydrogens (tertiary/aromatic N) is 1. The minimum atomic E-state index is -3.78. The third-order valence-electron chi connectivity index (χ3n) is 5.45. The highest BCUT2D eigenvalue weighted by molar-refractivity contribution is 7.89. The first kappa shape index (κ1) is 21.1. The maximum atomic E-state index is 13.2. The zero-order valence-corrected chi connectivity index (χ0v) is 17.8. The fourth-order valence-electron chi connectivity index (χ4n) is 3.80. The monoisotopic (exact) mass is 441 g/mol. The summed E-state index contributed by atoms with van der Waals surface area (Å²) in [4.78, 5) is 27.1. The maximum absolute atomic E-state index is 13.2. The lowest BCUT2D eigenvalue weighted by Crippen LogP contribution is -2.43. The van der Waals surface area contributed by atoms with Crippen LogP contribution >= 0.6 is 0 Å². The average molecular weight is 442 g/mol. The number of pyridine rings is 1. The van der Waals surface area contributed by atoms with Crippen molar-refractivity contribution in [2.45, 2.75) is 17.7 Å². The lowest BCUT2D eigenvalue weighted by molar-refractivity contribution is -0.120. The molecule has 2 aromatic carbocycles. The Morgan fingerprint density at radius 2 is 1.97 bits per heavy atom. The summed E-state index contributed by atoms with van der Waals surface area (Å²) in [6.45, 7) is 0.456. The number of para-hydroxylation sites is 2. The van der Waals surface area contributed by atoms with Gasteiger partial charge < -0.3 is 15.0 Å². The average Bonchev–Trinajstić information content (AvgIpc) is 2.79. The van der Waals surface area contributed by atoms with Gasteiger partial charge in [-0.25, -0.2) is 8.42 Å². The minimum absolute atomic E-state index is 0.104. The van der Waals surface area contributed by atoms with Crippen LogP contribution in [0, 0.1) is 5.92 Å². The Hall–Kier alpha value is -3.17. The first-order valence-corrected chi connectivity index (χ1v) is 11.4. The van der Waals surface area contributed by atoms with Crippen molar-refractivity contribution in [1.29, 1.82) is 0 Å². The smallest absolute Gasteiger partial charge is 0.248 e. The summed E-state index contributed by atoms with van der Waals surface area (Å²) in [7, 11) is -2.25. The molecule has 1 atom stereocenters. The van der Waals surface area contributed by atoms with Gasteiger partial charge in [-0.3, -0.25) is 9.59 Å². The number of anilines is 1. The van der Waals surface area contributed by atoms with Crippen LogP contribution in [0.2, 0.25) is 0 Å². The second-order valence-corrected chi connectivity index (χ2v) is 9.40. The molecular formula is C22H23N3O5S. The SMILES string of the molecule is COc1ccccc1NC(=O)[C@H]1CCCN(S(=O)(=O)c2ccc3[nH]c(=O)ccc3c2)C1. The topological polar surface area (TPSA) is 109 Å². The van der Waals surface area contributed by atoms with Crippen molar-refractivity contribution in [2.75, 3.05) is 25.5 Å². The summed E-state index contributed by atoms with van der Waals surface area (Å²) in [6.07, 6.45) is 1.19. The molecule has 4 rings (SSSR count). The van der Waals surface area contributed by atoms with Crippen LogP contribution in [0.3, 0.4) is 0 Å². The van der Waals surface area contributed by atoms with Gasteiger partial charge in [0.1, 0.15) is 5.75 Å². The second kappa shape index (κ2) is 8.52. The Morgan fingerprint density at radius 1 is 1.16 bits per heavy atom. The van der Waals surface area contributed by atoms with Crippen LogP contribution in [0.4, 0.5) is 5.69 Å². The number of hydrogen-bond donors (Lipinski definition) is 2. The van der Waals surface area contributed by atoms with Crippen molar-refractivity contribution in [2.24, 2.45) is 5.92 Å². The molecule has 2 heterocycles. The normalized spacial score (nSPS) is 17.4. The number of hydrogen-bond acceptors (Lipinski definition) is 5. The third-order valence-corrected chi connectivity index (χ3v) is 7.31. The number of ether oxygens (including phenoxy) is 1. The number of carbonyl (C=O) groups is 1. The molecule has 1 aliphatic rings. The Kier molecular flexibility index (Phi) is 5.79. The number of methoxy groups -OCH3 is 1. The lowest BCUT2D eigenvalue weighted by Gasteiger charge is -2.31. The van der Waals surface area contributed by atoms with E-state index in [0.717, 1.165) is 0 Å². The molecule has 0 radical (unpaired) electrons. The number of benzene rings is 2. The van der Waals surface area contributed by atoms with Gasteiger partial charge in [0.15, 0.2) is 0 Å². The zero-order valence-electron chi connectivity index (χ0n) is 17.0. The maximum Gasteiger partial charge on any atom is 0.248 e. The summed E-state index contributed by atoms with van der Waals surface area (Å²) in [5, 5.41) is 3.48. The minimum Gasteiger partial charge on any atom is -0.495 e. The van der Waals surface area contributed by atoms with Crippen molar-refractivity contribution in [1.82, 2.24) is 9.29 Å². The van der Waals surface area contributed by atoms with Crippen LogP contribution in [0.5, 0.6) is 5.75 Å². The molecule has 1 aliphatic heterocycles. The van der Waals surface area contributed by atoms with Gasteiger partial charge in [-0.05, 0) is 54.6 Å². The summed E-state index contributed by atoms with van der Waals surface area (Å²) >= 11 is 0. The molecule has 1 amide bonds. The molecule has 2 N–H and O–H groups in total. The molecule has 1 saturated heterocycles. The van der Waals surface area contributed by atoms with E-state index in [1.165, 1.54) is 23.5 Å². The van der Waals surface area contributed by atoms with Crippen LogP contribution in [0.25, 0.3) is 10.9 Å². The molecule has 8 nitrogen and oxygen atoms in total. The molecule has 0 spiro atoms. The molecule has 1 fully saturated rings. The Balaban J connectivity index is 1.54. The highest BCUT2D eigenvalue weighted by Gasteiger charge is 2.33. The van der Waals surface area contributed by atoms with E-state index in [9.17, 15) is 18.0 Å². The Bertz CT molecular complexity index is 1290. The molecule has 1 aromatic heterocycles. The van der Waals surface area contributed by atoms with E-state index in [-0.39, 0.29) is 22.9 Å². The number of H-pyrrole nitrogens is 1. The van der Waals surface area contributed by atoms with Crippen LogP contribution < -0.4 is 15.6 Å². The third kappa shape index (κ3) is 4.33. The predicted octanol–water partition coefficient (Wildman–Crippen LogP) is 2.58. The summed E-state index contributed by atoms with van der Waals surface area (Å²) in [6, 6.07) is 14.6. The fraction of sp³-hybridized carbons (Fsp3) is 0.273. The van der Waals surface area contributed by atoms with Gasteiger partial charge in [0.2, 0.25) is 21.5 Å². The van der Waals surface area contributed by atoms with E-state index >= 15 is 0 Å². The number of piperidine rings is 1. The van der Waals surface area contributed by atoms with Gasteiger partial charge >= 0.3 is 0 Å². The van der Waals surface area contributed by atoms with Gasteiger partial charge in [0, 0.05) is 24.7 Å². The first-order chi connectivity index (χ1) is 14.9. The highest BCUT2D eigenvalue weighted by Crippen LogP contribution is 2.28. The standard InChI is InChI=1S/C22H23N3O5S/c1-30-20-7-3-2-6-19(20)24-22(27)16-5-4-12-25(14-16)31(28,29)17-9-10-18-15(13-17)8-11-21(26)23-18/h2-3,6-11,13,16H,4-5,12,14H2,1H3,(H,23,26)(H,24,27)/t16-/m0/s1. The second-order valence-electron chi connectivity index (χ2n) is 7.46. The Labute approximate surface area is 179 Å². The number of nitrogens with one attached hydrogen (secondary N) is 2. The first-order valence-electron chi connectivity index (χ1n) is 9.95. The largest absolute Gasteiger partial charge is 0.495 e. The van der Waals surface area contributed by atoms with Crippen LogP contribution in [-0.2, 0) is 14.8 Å². The summed E-state index contributed by atoms with van der Waals surface area (Å²) in [5.41, 5.74) is 0.876. The van der Waals surface area contributed by atoms with Crippen molar-refractivity contribution >= 4 is 32.5 Å². The van der Waals surface area contributed by atoms with Crippen LogP contribution in [0.15, 0.2) is 64.3 Å². The van der Waals surface area contributed by atoms with Crippen molar-refractivity contribution in [3.63, 3.8) is 0 Å². The molecule has 0 aliphatic carbocycles. The number of carbonyl (C=O) groups excluding carboxylic acids is 1. The molecule has 0 saturated carbocycles. The lowest BCUT2D eigenvalue weighted by atomic mass is 9.98. The van der Waals surface area contributed by atoms with Gasteiger partial charge in [-0.2, -0.15) is 4.31 Å². The number of amides is 1. The Morgan fingerprint density at radius 3 is 2.77 bits per heavy atom. The van der Waals surface area contributed by atoms with Gasteiger partial charge in [-0.1, -0.05) is 12.1 Å². The van der Waals surface area contributed by atoms with Crippen molar-refractivity contribution in [3.8, 4) is 5.75 Å². The number of fused-ring (bicyclic) bond motifs is 1. The predicted molar refractivity (Wildman–Crippen MR) is 118 cm³/mol. The quantitative estimate of drug-likeness (QED) is 0.633. The molecule has 31 heavy (non-hydrogen) atoms. The van der Waals surface area contributed by atoms with Crippen molar-refractivity contribution < 1.29 is 17.9 Å². The van der Waals surface area contributed by atoms with E-state index in [2.05, 4.69) is 10.3 Å². The fourth-order valence-corrected chi connectivity index (χ4v) is 5.36. The van der Waals surface area contributed by atoms with Crippen LogP contribution in [0.1, 0.15) is 12.8 Å². The molecule has 9 heteroatoms. The number of rotatable bonds is 5. The molecule has 0 bridgehead atoms. The molecule has 3 aromatic rings. The summed E-state index contributed by atoms with van der Waals surface area (Å²) in [5.74, 6) is -0.156. The number of sulfonamides is 1. The highest BCUT2D eigenvalue weighted by atomic mass is 32.2. The van der Waals surface area contributed by atoms with E-state index in [0.29, 0.717) is 41.7 Å². The summed E-state index contributed by atoms with van der Waals surface area (Å²) < 4.78 is 33.1. The zero-order chi connectivity index (χ0) is 22.0. The van der Waals surface area contributed by atoms with Gasteiger partial charge in [0.25, 0.3) is 0 Å². The van der Waals surface area contributed by atoms with Gasteiger partial charge in [-0.15, -0.1) is 0 Å². The van der Waals surface area contributed by atoms with E-state index in [1.807, 2.05) is 6.07 Å². The number of aromatic nitrogens is 1. The molecule has 162 valence electrons.